The van der Waals surface area contributed by atoms with Crippen LogP contribution in [0.1, 0.15) is 18.2 Å². The lowest BCUT2D eigenvalue weighted by atomic mass is 10.2. The highest BCUT2D eigenvalue weighted by Crippen LogP contribution is 2.47. The normalized spacial score (nSPS) is 11.9. The van der Waals surface area contributed by atoms with Crippen LogP contribution in [0.4, 0.5) is 37.8 Å². The summed E-state index contributed by atoms with van der Waals surface area (Å²) in [4.78, 5) is -0.710. The number of halogens is 8. The molecule has 0 saturated heterocycles. The molecule has 0 aliphatic carbocycles. The zero-order chi connectivity index (χ0) is 27.0. The van der Waals surface area contributed by atoms with Crippen LogP contribution in [0.2, 0.25) is 10.0 Å². The Hall–Kier alpha value is -3.08. The molecular formula is C21H13Cl2F6N4O2S+. The van der Waals surface area contributed by atoms with Gasteiger partial charge in [0, 0.05) is 6.07 Å². The van der Waals surface area contributed by atoms with Crippen molar-refractivity contribution < 1.29 is 36.2 Å². The van der Waals surface area contributed by atoms with E-state index in [1.165, 1.54) is 24.3 Å². The van der Waals surface area contributed by atoms with Crippen LogP contribution >= 0.6 is 35.0 Å². The molecule has 0 spiro atoms. The molecule has 1 N–H and O–H groups in total. The smallest absolute Gasteiger partial charge is 0.446 e. The van der Waals surface area contributed by atoms with Crippen molar-refractivity contribution in [3.63, 3.8) is 0 Å². The van der Waals surface area contributed by atoms with Crippen LogP contribution in [0.15, 0.2) is 35.2 Å². The second-order valence-electron chi connectivity index (χ2n) is 6.87. The Labute approximate surface area is 213 Å². The number of nitrogens with zero attached hydrogens (tertiary/aromatic N) is 4. The van der Waals surface area contributed by atoms with E-state index in [1.807, 2.05) is 0 Å². The van der Waals surface area contributed by atoms with E-state index in [4.69, 9.17) is 27.9 Å². The molecule has 190 valence electrons. The predicted molar refractivity (Wildman–Crippen MR) is 123 cm³/mol. The molecule has 0 saturated carbocycles. The zero-order valence-corrected chi connectivity index (χ0v) is 20.2. The fraction of sp³-hybridized carbons (Fsp3) is 0.190. The first kappa shape index (κ1) is 27.5. The average molecular weight is 570 g/mol. The number of thioether (sulfide) groups is 1. The molecular weight excluding hydrogens is 557 g/mol. The van der Waals surface area contributed by atoms with Gasteiger partial charge in [-0.15, -0.1) is 0 Å². The zero-order valence-electron chi connectivity index (χ0n) is 17.9. The Balaban J connectivity index is 2.34. The molecule has 1 aromatic heterocycles. The summed E-state index contributed by atoms with van der Waals surface area (Å²) in [6.45, 7) is 5.51. The number of aromatic nitrogens is 2. The topological polar surface area (TPSA) is 74.1 Å². The number of alkyl halides is 6. The number of hydrogen-bond donors (Lipinski definition) is 1. The summed E-state index contributed by atoms with van der Waals surface area (Å²) in [6.07, 6.45) is -4.81. The molecule has 15 heteroatoms. The van der Waals surface area contributed by atoms with E-state index in [9.17, 15) is 36.7 Å². The number of phenols is 1. The average Bonchev–Trinajstić information content (AvgIpc) is 3.09. The van der Waals surface area contributed by atoms with Gasteiger partial charge in [-0.25, -0.2) is 4.58 Å². The first-order valence-corrected chi connectivity index (χ1v) is 11.2. The first-order valence-electron chi connectivity index (χ1n) is 9.59. The number of nitriles is 1. The van der Waals surface area contributed by atoms with Crippen molar-refractivity contribution in [2.45, 2.75) is 23.5 Å². The summed E-state index contributed by atoms with van der Waals surface area (Å²) in [5.74, 6) is -0.768. The summed E-state index contributed by atoms with van der Waals surface area (Å²) in [7, 11) is 0. The van der Waals surface area contributed by atoms with Gasteiger partial charge in [0.2, 0.25) is 5.69 Å². The Bertz CT molecular complexity index is 1360. The van der Waals surface area contributed by atoms with Gasteiger partial charge in [0.05, 0.1) is 28.9 Å². The lowest BCUT2D eigenvalue weighted by molar-refractivity contribution is -0.137. The van der Waals surface area contributed by atoms with E-state index in [2.05, 4.69) is 11.8 Å². The van der Waals surface area contributed by atoms with Gasteiger partial charge in [-0.05, 0) is 43.0 Å². The van der Waals surface area contributed by atoms with Gasteiger partial charge in [0.1, 0.15) is 16.7 Å². The summed E-state index contributed by atoms with van der Waals surface area (Å²) in [5.41, 5.74) is -7.13. The van der Waals surface area contributed by atoms with Gasteiger partial charge in [-0.2, -0.15) is 31.6 Å². The second kappa shape index (κ2) is 10.1. The van der Waals surface area contributed by atoms with Crippen LogP contribution in [0, 0.1) is 11.3 Å². The summed E-state index contributed by atoms with van der Waals surface area (Å²) in [5, 5.41) is 22.1. The number of phenolic OH excluding ortho intramolecular Hbond substituents is 1. The van der Waals surface area contributed by atoms with Crippen LogP contribution in [0.25, 0.3) is 5.69 Å². The molecule has 6 nitrogen and oxygen atoms in total. The molecule has 0 aliphatic heterocycles. The van der Waals surface area contributed by atoms with Gasteiger partial charge in [-0.1, -0.05) is 33.0 Å². The van der Waals surface area contributed by atoms with Crippen LogP contribution < -0.4 is 9.31 Å². The monoisotopic (exact) mass is 569 g/mol. The van der Waals surface area contributed by atoms with E-state index in [0.29, 0.717) is 16.8 Å². The summed E-state index contributed by atoms with van der Waals surface area (Å²) < 4.78 is 86.8. The predicted octanol–water partition coefficient (Wildman–Crippen LogP) is 7.32. The van der Waals surface area contributed by atoms with E-state index in [1.54, 1.807) is 6.92 Å². The molecule has 3 aromatic rings. The van der Waals surface area contributed by atoms with Crippen LogP contribution in [0.5, 0.6) is 11.5 Å². The van der Waals surface area contributed by atoms with E-state index in [-0.39, 0.29) is 23.8 Å². The third-order valence-corrected chi connectivity index (χ3v) is 5.90. The minimum Gasteiger partial charge on any atom is -0.504 e. The van der Waals surface area contributed by atoms with Crippen molar-refractivity contribution in [2.24, 2.45) is 0 Å². The highest BCUT2D eigenvalue weighted by atomic mass is 35.5. The maximum absolute atomic E-state index is 13.4. The van der Waals surface area contributed by atoms with Crippen molar-refractivity contribution in [1.82, 2.24) is 14.4 Å². The lowest BCUT2D eigenvalue weighted by Crippen LogP contribution is -2.12. The molecule has 3 rings (SSSR count). The quantitative estimate of drug-likeness (QED) is 0.146. The highest BCUT2D eigenvalue weighted by Gasteiger charge is 2.41. The van der Waals surface area contributed by atoms with Gasteiger partial charge < -0.3 is 9.84 Å². The highest BCUT2D eigenvalue weighted by molar-refractivity contribution is 8.00. The van der Waals surface area contributed by atoms with Gasteiger partial charge in [0.25, 0.3) is 0 Å². The van der Waals surface area contributed by atoms with Gasteiger partial charge in [0.15, 0.2) is 17.2 Å². The molecule has 0 aliphatic rings. The molecule has 0 amide bonds. The molecule has 0 atom stereocenters. The van der Waals surface area contributed by atoms with Crippen molar-refractivity contribution in [1.29, 1.82) is 5.26 Å². The maximum atomic E-state index is 13.4. The van der Waals surface area contributed by atoms with E-state index < -0.39 is 61.1 Å². The Morgan fingerprint density at radius 3 is 2.28 bits per heavy atom. The molecule has 1 heterocycles. The van der Waals surface area contributed by atoms with Crippen LogP contribution in [-0.4, -0.2) is 33.7 Å². The van der Waals surface area contributed by atoms with Crippen LogP contribution in [0.3, 0.4) is 0 Å². The lowest BCUT2D eigenvalue weighted by Gasteiger charge is -2.13. The summed E-state index contributed by atoms with van der Waals surface area (Å²) >= 11 is 11.5. The molecule has 36 heavy (non-hydrogen) atoms. The largest absolute Gasteiger partial charge is 0.504 e. The number of aromatic hydroxyl groups is 1. The summed E-state index contributed by atoms with van der Waals surface area (Å²) in [6, 6.07) is 6.32. The molecule has 2 aromatic carbocycles. The molecule has 0 unspecified atom stereocenters. The number of ether oxygens (including phenoxy) is 1. The van der Waals surface area contributed by atoms with Crippen molar-refractivity contribution in [2.75, 3.05) is 6.61 Å². The number of hydrogen-bond acceptors (Lipinski definition) is 5. The molecule has 0 radical (unpaired) electrons. The van der Waals surface area contributed by atoms with E-state index in [0.717, 1.165) is 4.58 Å². The number of rotatable bonds is 6. The minimum atomic E-state index is -4.88. The van der Waals surface area contributed by atoms with Crippen molar-refractivity contribution >= 4 is 53.2 Å². The number of benzene rings is 2. The second-order valence-corrected chi connectivity index (χ2v) is 8.76. The first-order chi connectivity index (χ1) is 16.7. The van der Waals surface area contributed by atoms with Crippen LogP contribution in [-0.2, 0) is 6.18 Å². The van der Waals surface area contributed by atoms with Crippen molar-refractivity contribution in [3.05, 3.63) is 51.6 Å². The Kier molecular flexibility index (Phi) is 7.73. The maximum Gasteiger partial charge on any atom is 0.446 e. The third kappa shape index (κ3) is 5.66. The fourth-order valence-electron chi connectivity index (χ4n) is 3.07. The van der Waals surface area contributed by atoms with Gasteiger partial charge >= 0.3 is 17.5 Å². The minimum absolute atomic E-state index is 0.0224. The Morgan fingerprint density at radius 1 is 1.17 bits per heavy atom. The SMILES string of the molecule is C=[N+](c1ccc(O)c(OCC)c1)c1c(SC(F)(F)F)c(C#N)nn1-c1c(Cl)cc(C(F)(F)F)cc1Cl. The van der Waals surface area contributed by atoms with Crippen molar-refractivity contribution in [3.8, 4) is 23.3 Å². The fourth-order valence-corrected chi connectivity index (χ4v) is 4.42. The van der Waals surface area contributed by atoms with E-state index >= 15 is 0 Å². The third-order valence-electron chi connectivity index (χ3n) is 4.51. The standard InChI is InChI=1S/C21H12Cl2F6N4O2S/c1-3-35-16-8-11(4-5-15(16)34)32(2)19-18(36-21(27,28)29)14(9-30)31-33(19)17-12(22)6-10(7-13(17)23)20(24,25)26/h4-8H,2-3H2,1H3/p+1. The molecule has 0 bridgehead atoms. The Morgan fingerprint density at radius 2 is 1.78 bits per heavy atom. The molecule has 0 fully saturated rings. The van der Waals surface area contributed by atoms with Gasteiger partial charge in [-0.3, -0.25) is 0 Å².